The summed E-state index contributed by atoms with van der Waals surface area (Å²) in [5.41, 5.74) is 8.49. The van der Waals surface area contributed by atoms with Gasteiger partial charge in [-0.3, -0.25) is 0 Å². The molecule has 0 saturated carbocycles. The van der Waals surface area contributed by atoms with Crippen molar-refractivity contribution in [2.24, 2.45) is 7.05 Å². The molecule has 5 heteroatoms. The van der Waals surface area contributed by atoms with E-state index < -0.39 is 0 Å². The quantitative estimate of drug-likeness (QED) is 0.750. The lowest BCUT2D eigenvalue weighted by molar-refractivity contribution is 0.417. The minimum absolute atomic E-state index is 0.293. The number of methoxy groups -OCH3 is 1. The third kappa shape index (κ3) is 1.44. The van der Waals surface area contributed by atoms with Crippen LogP contribution in [0, 0.1) is 0 Å². The molecule has 0 saturated heterocycles. The van der Waals surface area contributed by atoms with E-state index in [2.05, 4.69) is 5.16 Å². The van der Waals surface area contributed by atoms with Crippen LogP contribution in [-0.4, -0.2) is 16.8 Å². The standard InChI is InChI=1S/C13H13N3O2/c1-16-4-3-8-5-12(17-2)9(6-11(8)16)10-7-15-18-13(10)14/h3-7H,14H2,1-2H3. The van der Waals surface area contributed by atoms with Crippen LogP contribution in [0.25, 0.3) is 22.0 Å². The Kier molecular flexibility index (Phi) is 2.26. The molecule has 0 fully saturated rings. The summed E-state index contributed by atoms with van der Waals surface area (Å²) in [6.45, 7) is 0. The molecule has 2 N–H and O–H groups in total. The van der Waals surface area contributed by atoms with Crippen molar-refractivity contribution in [3.8, 4) is 16.9 Å². The van der Waals surface area contributed by atoms with Gasteiger partial charge in [0, 0.05) is 29.7 Å². The van der Waals surface area contributed by atoms with Gasteiger partial charge in [-0.2, -0.15) is 0 Å². The number of benzene rings is 1. The van der Waals surface area contributed by atoms with E-state index in [1.54, 1.807) is 13.3 Å². The predicted octanol–water partition coefficient (Wildman–Crippen LogP) is 2.42. The number of nitrogens with two attached hydrogens (primary N) is 1. The fourth-order valence-corrected chi connectivity index (χ4v) is 2.13. The maximum absolute atomic E-state index is 5.76. The van der Waals surface area contributed by atoms with Gasteiger partial charge in [-0.25, -0.2) is 0 Å². The topological polar surface area (TPSA) is 66.2 Å². The highest BCUT2D eigenvalue weighted by atomic mass is 16.5. The van der Waals surface area contributed by atoms with Crippen molar-refractivity contribution in [3.05, 3.63) is 30.6 Å². The predicted molar refractivity (Wildman–Crippen MR) is 69.4 cm³/mol. The van der Waals surface area contributed by atoms with E-state index >= 15 is 0 Å². The van der Waals surface area contributed by atoms with Crippen molar-refractivity contribution in [2.75, 3.05) is 12.8 Å². The highest BCUT2D eigenvalue weighted by molar-refractivity contribution is 5.90. The van der Waals surface area contributed by atoms with Crippen LogP contribution >= 0.6 is 0 Å². The Hall–Kier alpha value is -2.43. The number of aryl methyl sites for hydroxylation is 1. The summed E-state index contributed by atoms with van der Waals surface area (Å²) in [5, 5.41) is 4.82. The molecule has 18 heavy (non-hydrogen) atoms. The van der Waals surface area contributed by atoms with E-state index in [4.69, 9.17) is 15.0 Å². The summed E-state index contributed by atoms with van der Waals surface area (Å²) >= 11 is 0. The van der Waals surface area contributed by atoms with Crippen LogP contribution in [0.15, 0.2) is 35.1 Å². The molecule has 3 aromatic rings. The van der Waals surface area contributed by atoms with Gasteiger partial charge in [-0.1, -0.05) is 5.16 Å². The van der Waals surface area contributed by atoms with Gasteiger partial charge >= 0.3 is 0 Å². The molecule has 0 amide bonds. The van der Waals surface area contributed by atoms with Crippen molar-refractivity contribution < 1.29 is 9.26 Å². The lowest BCUT2D eigenvalue weighted by atomic mass is 10.1. The van der Waals surface area contributed by atoms with Gasteiger partial charge in [0.05, 0.1) is 18.9 Å². The molecule has 0 aliphatic rings. The van der Waals surface area contributed by atoms with E-state index in [0.717, 1.165) is 27.8 Å². The van der Waals surface area contributed by atoms with Crippen LogP contribution in [0.1, 0.15) is 0 Å². The summed E-state index contributed by atoms with van der Waals surface area (Å²) in [7, 11) is 3.63. The summed E-state index contributed by atoms with van der Waals surface area (Å²) < 4.78 is 12.4. The zero-order valence-corrected chi connectivity index (χ0v) is 10.2. The van der Waals surface area contributed by atoms with Crippen molar-refractivity contribution >= 4 is 16.8 Å². The molecule has 2 aromatic heterocycles. The normalized spacial score (nSPS) is 11.0. The van der Waals surface area contributed by atoms with Crippen LogP contribution in [0.2, 0.25) is 0 Å². The molecule has 0 unspecified atom stereocenters. The summed E-state index contributed by atoms with van der Waals surface area (Å²) in [4.78, 5) is 0. The molecule has 0 atom stereocenters. The molecule has 0 radical (unpaired) electrons. The molecule has 5 nitrogen and oxygen atoms in total. The van der Waals surface area contributed by atoms with Gasteiger partial charge in [0.1, 0.15) is 5.75 Å². The van der Waals surface area contributed by atoms with Gasteiger partial charge in [0.25, 0.3) is 0 Å². The van der Waals surface area contributed by atoms with E-state index in [-0.39, 0.29) is 0 Å². The minimum atomic E-state index is 0.293. The van der Waals surface area contributed by atoms with E-state index in [9.17, 15) is 0 Å². The first-order chi connectivity index (χ1) is 8.70. The van der Waals surface area contributed by atoms with E-state index in [0.29, 0.717) is 5.88 Å². The van der Waals surface area contributed by atoms with Crippen molar-refractivity contribution in [1.82, 2.24) is 9.72 Å². The monoisotopic (exact) mass is 243 g/mol. The zero-order chi connectivity index (χ0) is 12.7. The molecule has 92 valence electrons. The first kappa shape index (κ1) is 10.7. The van der Waals surface area contributed by atoms with E-state index in [1.165, 1.54) is 0 Å². The number of rotatable bonds is 2. The molecular weight excluding hydrogens is 230 g/mol. The molecule has 0 aliphatic carbocycles. The summed E-state index contributed by atoms with van der Waals surface area (Å²) in [6.07, 6.45) is 3.60. The second kappa shape index (κ2) is 3.80. The number of nitrogen functional groups attached to an aromatic ring is 1. The van der Waals surface area contributed by atoms with Gasteiger partial charge in [-0.15, -0.1) is 0 Å². The van der Waals surface area contributed by atoms with Crippen LogP contribution in [0.3, 0.4) is 0 Å². The Labute approximate surface area is 104 Å². The largest absolute Gasteiger partial charge is 0.496 e. The molecule has 2 heterocycles. The second-order valence-electron chi connectivity index (χ2n) is 4.14. The molecular formula is C13H13N3O2. The molecule has 0 aliphatic heterocycles. The van der Waals surface area contributed by atoms with Crippen LogP contribution in [0.5, 0.6) is 5.75 Å². The van der Waals surface area contributed by atoms with Crippen molar-refractivity contribution in [3.63, 3.8) is 0 Å². The number of anilines is 1. The number of aromatic nitrogens is 2. The number of fused-ring (bicyclic) bond motifs is 1. The summed E-state index contributed by atoms with van der Waals surface area (Å²) in [6, 6.07) is 6.05. The minimum Gasteiger partial charge on any atom is -0.496 e. The third-order valence-electron chi connectivity index (χ3n) is 3.09. The fraction of sp³-hybridized carbons (Fsp3) is 0.154. The number of hydrogen-bond donors (Lipinski definition) is 1. The maximum Gasteiger partial charge on any atom is 0.230 e. The van der Waals surface area contributed by atoms with Crippen LogP contribution in [0.4, 0.5) is 5.88 Å². The highest BCUT2D eigenvalue weighted by Crippen LogP contribution is 2.36. The Morgan fingerprint density at radius 1 is 1.33 bits per heavy atom. The SMILES string of the molecule is COc1cc2ccn(C)c2cc1-c1cnoc1N. The van der Waals surface area contributed by atoms with Crippen molar-refractivity contribution in [1.29, 1.82) is 0 Å². The second-order valence-corrected chi connectivity index (χ2v) is 4.14. The molecule has 3 rings (SSSR count). The number of nitrogens with zero attached hydrogens (tertiary/aromatic N) is 2. The van der Waals surface area contributed by atoms with Crippen LogP contribution in [-0.2, 0) is 7.05 Å². The highest BCUT2D eigenvalue weighted by Gasteiger charge is 2.14. The summed E-state index contributed by atoms with van der Waals surface area (Å²) in [5.74, 6) is 1.05. The average molecular weight is 243 g/mol. The number of ether oxygens (including phenoxy) is 1. The van der Waals surface area contributed by atoms with E-state index in [1.807, 2.05) is 36.0 Å². The Balaban J connectivity index is 2.33. The first-order valence-corrected chi connectivity index (χ1v) is 5.54. The average Bonchev–Trinajstić information content (AvgIpc) is 2.95. The molecule has 0 spiro atoms. The number of hydrogen-bond acceptors (Lipinski definition) is 4. The third-order valence-corrected chi connectivity index (χ3v) is 3.09. The van der Waals surface area contributed by atoms with Crippen molar-refractivity contribution in [2.45, 2.75) is 0 Å². The van der Waals surface area contributed by atoms with Gasteiger partial charge in [-0.05, 0) is 18.2 Å². The van der Waals surface area contributed by atoms with Crippen LogP contribution < -0.4 is 10.5 Å². The molecule has 0 bridgehead atoms. The lowest BCUT2D eigenvalue weighted by Gasteiger charge is -2.08. The fourth-order valence-electron chi connectivity index (χ4n) is 2.13. The molecule has 1 aromatic carbocycles. The van der Waals surface area contributed by atoms with Gasteiger partial charge < -0.3 is 19.6 Å². The van der Waals surface area contributed by atoms with Gasteiger partial charge in [0.2, 0.25) is 5.88 Å². The Morgan fingerprint density at radius 2 is 2.17 bits per heavy atom. The first-order valence-electron chi connectivity index (χ1n) is 5.54. The van der Waals surface area contributed by atoms with Gasteiger partial charge in [0.15, 0.2) is 0 Å². The Bertz CT molecular complexity index is 712. The zero-order valence-electron chi connectivity index (χ0n) is 10.2. The Morgan fingerprint density at radius 3 is 2.83 bits per heavy atom. The smallest absolute Gasteiger partial charge is 0.230 e. The lowest BCUT2D eigenvalue weighted by Crippen LogP contribution is -1.92. The maximum atomic E-state index is 5.76.